The molecule has 1 heterocycles. The summed E-state index contributed by atoms with van der Waals surface area (Å²) in [5, 5.41) is 9.73. The Hall–Kier alpha value is -1.74. The highest BCUT2D eigenvalue weighted by Gasteiger charge is 2.25. The molecule has 18 heavy (non-hydrogen) atoms. The smallest absolute Gasteiger partial charge is 0.343 e. The quantitative estimate of drug-likeness (QED) is 0.827. The fourth-order valence-corrected chi connectivity index (χ4v) is 2.81. The fraction of sp³-hybridized carbons (Fsp3) is 0.500. The molecule has 0 aromatic carbocycles. The Kier molecular flexibility index (Phi) is 4.98. The zero-order chi connectivity index (χ0) is 13.7. The molecule has 0 radical (unpaired) electrons. The van der Waals surface area contributed by atoms with E-state index in [0.29, 0.717) is 10.4 Å². The Labute approximate surface area is 111 Å². The van der Waals surface area contributed by atoms with Gasteiger partial charge in [-0.3, -0.25) is 0 Å². The molecule has 1 rings (SSSR count). The van der Waals surface area contributed by atoms with Crippen LogP contribution in [0.5, 0.6) is 0 Å². The van der Waals surface area contributed by atoms with Crippen molar-refractivity contribution in [3.05, 3.63) is 10.4 Å². The van der Waals surface area contributed by atoms with E-state index in [4.69, 9.17) is 15.7 Å². The lowest BCUT2D eigenvalue weighted by atomic mass is 10.2. The number of carbonyl (C=O) groups is 1. The summed E-state index contributed by atoms with van der Waals surface area (Å²) in [4.78, 5) is 14.2. The van der Waals surface area contributed by atoms with Crippen LogP contribution in [0.4, 0.5) is 10.7 Å². The lowest BCUT2D eigenvalue weighted by Crippen LogP contribution is -2.24. The molecule has 0 saturated heterocycles. The Balaban J connectivity index is 3.33. The number of thiophene rings is 1. The predicted molar refractivity (Wildman–Crippen MR) is 73.0 cm³/mol. The molecule has 0 atom stereocenters. The van der Waals surface area contributed by atoms with Crippen molar-refractivity contribution in [2.45, 2.75) is 20.3 Å². The van der Waals surface area contributed by atoms with Crippen molar-refractivity contribution in [3.8, 4) is 6.07 Å². The maximum absolute atomic E-state index is 11.8. The van der Waals surface area contributed by atoms with E-state index < -0.39 is 5.97 Å². The van der Waals surface area contributed by atoms with Crippen LogP contribution in [0.15, 0.2) is 0 Å². The third-order valence-corrected chi connectivity index (χ3v) is 3.75. The Morgan fingerprint density at radius 1 is 1.56 bits per heavy atom. The molecular formula is C12H17N3O2S. The van der Waals surface area contributed by atoms with Crippen LogP contribution in [0.25, 0.3) is 0 Å². The number of rotatable bonds is 5. The molecular weight excluding hydrogens is 250 g/mol. The van der Waals surface area contributed by atoms with Crippen LogP contribution in [0, 0.1) is 11.3 Å². The maximum atomic E-state index is 11.8. The van der Waals surface area contributed by atoms with Crippen LogP contribution >= 0.6 is 11.3 Å². The minimum Gasteiger partial charge on any atom is -0.465 e. The molecule has 0 aliphatic heterocycles. The Bertz CT molecular complexity index is 476. The number of nitrogen functional groups attached to an aromatic ring is 1. The van der Waals surface area contributed by atoms with Gasteiger partial charge in [0.2, 0.25) is 0 Å². The lowest BCUT2D eigenvalue weighted by Gasteiger charge is -2.21. The largest absolute Gasteiger partial charge is 0.465 e. The average Bonchev–Trinajstić information content (AvgIpc) is 2.72. The van der Waals surface area contributed by atoms with Crippen molar-refractivity contribution in [3.63, 3.8) is 0 Å². The summed E-state index contributed by atoms with van der Waals surface area (Å²) in [6, 6.07) is 2.02. The highest BCUT2D eigenvalue weighted by Crippen LogP contribution is 2.38. The minimum atomic E-state index is -0.491. The number of methoxy groups -OCH3 is 1. The lowest BCUT2D eigenvalue weighted by molar-refractivity contribution is 0.0603. The topological polar surface area (TPSA) is 79.4 Å². The van der Waals surface area contributed by atoms with Gasteiger partial charge in [0.15, 0.2) is 0 Å². The van der Waals surface area contributed by atoms with E-state index >= 15 is 0 Å². The summed E-state index contributed by atoms with van der Waals surface area (Å²) in [6.07, 6.45) is 0.953. The van der Waals surface area contributed by atoms with Gasteiger partial charge in [-0.05, 0) is 13.3 Å². The number of carbonyl (C=O) groups excluding carboxylic acids is 1. The number of nitriles is 1. The van der Waals surface area contributed by atoms with Gasteiger partial charge >= 0.3 is 5.97 Å². The minimum absolute atomic E-state index is 0.221. The number of nitrogens with two attached hydrogens (primary N) is 1. The first-order valence-corrected chi connectivity index (χ1v) is 6.57. The van der Waals surface area contributed by atoms with Crippen LogP contribution in [0.2, 0.25) is 0 Å². The number of ether oxygens (including phenoxy) is 1. The first-order valence-electron chi connectivity index (χ1n) is 5.76. The van der Waals surface area contributed by atoms with Crippen LogP contribution in [0.1, 0.15) is 35.5 Å². The normalized spacial score (nSPS) is 9.89. The molecule has 0 bridgehead atoms. The molecule has 0 spiro atoms. The van der Waals surface area contributed by atoms with Crippen LogP contribution in [0.3, 0.4) is 0 Å². The van der Waals surface area contributed by atoms with Gasteiger partial charge in [-0.15, -0.1) is 11.3 Å². The molecule has 6 heteroatoms. The van der Waals surface area contributed by atoms with Gasteiger partial charge in [0.25, 0.3) is 0 Å². The number of esters is 1. The zero-order valence-electron chi connectivity index (χ0n) is 10.8. The average molecular weight is 267 g/mol. The first kappa shape index (κ1) is 14.3. The van der Waals surface area contributed by atoms with Gasteiger partial charge in [0.05, 0.1) is 12.8 Å². The maximum Gasteiger partial charge on any atom is 0.343 e. The van der Waals surface area contributed by atoms with Gasteiger partial charge < -0.3 is 15.4 Å². The van der Waals surface area contributed by atoms with Crippen molar-refractivity contribution in [2.75, 3.05) is 30.8 Å². The molecule has 0 aliphatic rings. The van der Waals surface area contributed by atoms with Gasteiger partial charge in [-0.1, -0.05) is 6.92 Å². The Morgan fingerprint density at radius 3 is 2.67 bits per heavy atom. The van der Waals surface area contributed by atoms with Crippen molar-refractivity contribution in [1.29, 1.82) is 5.26 Å². The SMILES string of the molecule is CCCN(CC)c1sc(C#N)c(N)c1C(=O)OC. The van der Waals surface area contributed by atoms with Crippen molar-refractivity contribution in [1.82, 2.24) is 0 Å². The summed E-state index contributed by atoms with van der Waals surface area (Å²) in [7, 11) is 1.31. The van der Waals surface area contributed by atoms with E-state index in [2.05, 4.69) is 6.92 Å². The van der Waals surface area contributed by atoms with Crippen molar-refractivity contribution >= 4 is 28.0 Å². The summed E-state index contributed by atoms with van der Waals surface area (Å²) in [6.45, 7) is 5.62. The van der Waals surface area contributed by atoms with Gasteiger partial charge in [-0.25, -0.2) is 4.79 Å². The second-order valence-electron chi connectivity index (χ2n) is 3.71. The van der Waals surface area contributed by atoms with Gasteiger partial charge in [0, 0.05) is 13.1 Å². The molecule has 0 amide bonds. The molecule has 0 aliphatic carbocycles. The molecule has 5 nitrogen and oxygen atoms in total. The molecule has 1 aromatic heterocycles. The number of anilines is 2. The third kappa shape index (κ3) is 2.57. The molecule has 0 saturated carbocycles. The van der Waals surface area contributed by atoms with Crippen LogP contribution in [-0.4, -0.2) is 26.2 Å². The number of hydrogen-bond donors (Lipinski definition) is 1. The number of nitrogens with zero attached hydrogens (tertiary/aromatic N) is 2. The highest BCUT2D eigenvalue weighted by atomic mass is 32.1. The van der Waals surface area contributed by atoms with E-state index in [1.165, 1.54) is 18.4 Å². The van der Waals surface area contributed by atoms with Gasteiger partial charge in [-0.2, -0.15) is 5.26 Å². The second kappa shape index (κ2) is 6.26. The standard InChI is InChI=1S/C12H17N3O2S/c1-4-6-15(5-2)11-9(12(16)17-3)10(14)8(7-13)18-11/h4-6,14H2,1-3H3. The van der Waals surface area contributed by atoms with Crippen LogP contribution < -0.4 is 10.6 Å². The molecule has 0 unspecified atom stereocenters. The fourth-order valence-electron chi connectivity index (χ4n) is 1.71. The van der Waals surface area contributed by atoms with E-state index in [0.717, 1.165) is 24.5 Å². The van der Waals surface area contributed by atoms with Crippen molar-refractivity contribution in [2.24, 2.45) is 0 Å². The summed E-state index contributed by atoms with van der Waals surface area (Å²) >= 11 is 1.24. The Morgan fingerprint density at radius 2 is 2.22 bits per heavy atom. The summed E-state index contributed by atoms with van der Waals surface area (Å²) in [5.74, 6) is -0.491. The molecule has 1 aromatic rings. The monoisotopic (exact) mass is 267 g/mol. The summed E-state index contributed by atoms with van der Waals surface area (Å²) < 4.78 is 4.74. The zero-order valence-corrected chi connectivity index (χ0v) is 11.6. The third-order valence-electron chi connectivity index (χ3n) is 2.58. The summed E-state index contributed by atoms with van der Waals surface area (Å²) in [5.41, 5.74) is 6.38. The second-order valence-corrected chi connectivity index (χ2v) is 4.71. The molecule has 98 valence electrons. The van der Waals surface area contributed by atoms with E-state index in [9.17, 15) is 4.79 Å². The van der Waals surface area contributed by atoms with E-state index in [1.807, 2.05) is 17.9 Å². The van der Waals surface area contributed by atoms with Gasteiger partial charge in [0.1, 0.15) is 21.5 Å². The van der Waals surface area contributed by atoms with E-state index in [1.54, 1.807) is 0 Å². The van der Waals surface area contributed by atoms with Crippen molar-refractivity contribution < 1.29 is 9.53 Å². The number of hydrogen-bond acceptors (Lipinski definition) is 6. The van der Waals surface area contributed by atoms with Crippen LogP contribution in [-0.2, 0) is 4.74 Å². The predicted octanol–water partition coefficient (Wildman–Crippen LogP) is 2.22. The molecule has 0 fully saturated rings. The molecule has 2 N–H and O–H groups in total. The first-order chi connectivity index (χ1) is 8.60. The highest BCUT2D eigenvalue weighted by molar-refractivity contribution is 7.17. The van der Waals surface area contributed by atoms with E-state index in [-0.39, 0.29) is 5.69 Å².